The van der Waals surface area contributed by atoms with Gasteiger partial charge in [-0.05, 0) is 29.3 Å². The average molecular weight is 333 g/mol. The predicted octanol–water partition coefficient (Wildman–Crippen LogP) is 4.13. The van der Waals surface area contributed by atoms with Crippen LogP contribution >= 0.6 is 16.3 Å². The molecule has 4 heteroatoms. The molecule has 3 nitrogen and oxygen atoms in total. The Labute approximate surface area is 126 Å². The first-order valence-corrected chi connectivity index (χ1v) is 6.70. The van der Waals surface area contributed by atoms with Crippen LogP contribution in [0.5, 0.6) is 5.75 Å². The van der Waals surface area contributed by atoms with Crippen molar-refractivity contribution < 1.29 is 13.4 Å². The Kier molecular flexibility index (Phi) is 5.38. The summed E-state index contributed by atoms with van der Waals surface area (Å²) in [5, 5.41) is 0. The summed E-state index contributed by atoms with van der Waals surface area (Å²) < 4.78 is 10.1. The van der Waals surface area contributed by atoms with E-state index in [-0.39, 0.29) is 12.6 Å². The topological polar surface area (TPSA) is 35.5 Å². The Balaban J connectivity index is 1.89. The van der Waals surface area contributed by atoms with Crippen LogP contribution in [-0.4, -0.2) is 5.97 Å². The maximum atomic E-state index is 11.6. The molecule has 20 heavy (non-hydrogen) atoms. The Morgan fingerprint density at radius 3 is 2.65 bits per heavy atom. The largest absolute Gasteiger partial charge is 0.458 e. The van der Waals surface area contributed by atoms with E-state index in [2.05, 4.69) is 16.3 Å². The van der Waals surface area contributed by atoms with E-state index >= 15 is 0 Å². The summed E-state index contributed by atoms with van der Waals surface area (Å²) in [7, 11) is 0. The lowest BCUT2D eigenvalue weighted by atomic mass is 10.2. The summed E-state index contributed by atoms with van der Waals surface area (Å²) in [6, 6.07) is 16.9. The molecule has 102 valence electrons. The van der Waals surface area contributed by atoms with Gasteiger partial charge >= 0.3 is 5.97 Å². The summed E-state index contributed by atoms with van der Waals surface area (Å²) in [4.78, 5) is 11.6. The van der Waals surface area contributed by atoms with Crippen LogP contribution in [0.15, 0.2) is 60.7 Å². The van der Waals surface area contributed by atoms with Crippen molar-refractivity contribution in [1.82, 2.24) is 0 Å². The quantitative estimate of drug-likeness (QED) is 0.610. The standard InChI is InChI=1S/C16H13BrO3/c17-20-15-8-4-7-13(11-15)9-10-16(18)19-12-14-5-2-1-3-6-14/h1-11H,12H2/b10-9+. The van der Waals surface area contributed by atoms with E-state index in [0.29, 0.717) is 5.75 Å². The second-order valence-electron chi connectivity index (χ2n) is 4.08. The van der Waals surface area contributed by atoms with Gasteiger partial charge in [0.15, 0.2) is 16.3 Å². The Hall–Kier alpha value is -2.07. The molecule has 0 aliphatic rings. The average Bonchev–Trinajstić information content (AvgIpc) is 2.52. The predicted molar refractivity (Wildman–Crippen MR) is 81.3 cm³/mol. The van der Waals surface area contributed by atoms with Gasteiger partial charge in [-0.2, -0.15) is 0 Å². The zero-order valence-corrected chi connectivity index (χ0v) is 12.2. The number of rotatable bonds is 5. The summed E-state index contributed by atoms with van der Waals surface area (Å²) in [6.45, 7) is 0.272. The molecule has 0 heterocycles. The Morgan fingerprint density at radius 2 is 1.90 bits per heavy atom. The summed E-state index contributed by atoms with van der Waals surface area (Å²) in [5.74, 6) is 0.295. The maximum Gasteiger partial charge on any atom is 0.331 e. The van der Waals surface area contributed by atoms with E-state index in [4.69, 9.17) is 8.57 Å². The molecule has 0 bridgehead atoms. The van der Waals surface area contributed by atoms with Crippen molar-refractivity contribution in [2.75, 3.05) is 0 Å². The van der Waals surface area contributed by atoms with Gasteiger partial charge in [0.25, 0.3) is 0 Å². The van der Waals surface area contributed by atoms with E-state index in [1.165, 1.54) is 6.08 Å². The van der Waals surface area contributed by atoms with Crippen LogP contribution in [0.25, 0.3) is 6.08 Å². The molecule has 0 radical (unpaired) electrons. The molecule has 0 saturated carbocycles. The molecule has 0 spiro atoms. The van der Waals surface area contributed by atoms with Crippen LogP contribution in [0.4, 0.5) is 0 Å². The lowest BCUT2D eigenvalue weighted by molar-refractivity contribution is -0.138. The zero-order chi connectivity index (χ0) is 14.2. The molecule has 0 aliphatic heterocycles. The summed E-state index contributed by atoms with van der Waals surface area (Å²) in [5.41, 5.74) is 1.82. The van der Waals surface area contributed by atoms with Crippen LogP contribution in [-0.2, 0) is 16.1 Å². The van der Waals surface area contributed by atoms with Gasteiger partial charge in [0, 0.05) is 6.08 Å². The van der Waals surface area contributed by atoms with E-state index in [9.17, 15) is 4.79 Å². The zero-order valence-electron chi connectivity index (χ0n) is 10.7. The molecule has 0 saturated heterocycles. The minimum Gasteiger partial charge on any atom is -0.458 e. The van der Waals surface area contributed by atoms with Crippen LogP contribution in [0.1, 0.15) is 11.1 Å². The van der Waals surface area contributed by atoms with Crippen LogP contribution in [0, 0.1) is 0 Å². The molecule has 0 fully saturated rings. The molecule has 0 N–H and O–H groups in total. The molecule has 2 aromatic rings. The third-order valence-electron chi connectivity index (χ3n) is 2.58. The first kappa shape index (κ1) is 14.3. The highest BCUT2D eigenvalue weighted by molar-refractivity contribution is 9.06. The van der Waals surface area contributed by atoms with Gasteiger partial charge in [0.2, 0.25) is 0 Å². The molecule has 0 atom stereocenters. The van der Waals surface area contributed by atoms with E-state index in [1.54, 1.807) is 18.2 Å². The molecule has 2 rings (SSSR count). The number of hydrogen-bond donors (Lipinski definition) is 0. The molecule has 2 aromatic carbocycles. The highest BCUT2D eigenvalue weighted by Gasteiger charge is 1.99. The van der Waals surface area contributed by atoms with Gasteiger partial charge in [0.05, 0.1) is 0 Å². The third-order valence-corrected chi connectivity index (χ3v) is 2.96. The normalized spacial score (nSPS) is 10.4. The van der Waals surface area contributed by atoms with Gasteiger partial charge in [-0.15, -0.1) is 0 Å². The number of halogens is 1. The van der Waals surface area contributed by atoms with Crippen molar-refractivity contribution >= 4 is 28.3 Å². The second kappa shape index (κ2) is 7.50. The minimum absolute atomic E-state index is 0.272. The van der Waals surface area contributed by atoms with Crippen molar-refractivity contribution in [2.24, 2.45) is 0 Å². The van der Waals surface area contributed by atoms with Gasteiger partial charge in [-0.25, -0.2) is 4.79 Å². The molecular weight excluding hydrogens is 320 g/mol. The minimum atomic E-state index is -0.376. The van der Waals surface area contributed by atoms with Gasteiger partial charge in [-0.1, -0.05) is 42.5 Å². The lowest BCUT2D eigenvalue weighted by Crippen LogP contribution is -2.00. The highest BCUT2D eigenvalue weighted by atomic mass is 79.9. The third kappa shape index (κ3) is 4.55. The first-order chi connectivity index (χ1) is 9.78. The molecule has 0 aromatic heterocycles. The van der Waals surface area contributed by atoms with Crippen LogP contribution < -0.4 is 3.83 Å². The first-order valence-electron chi connectivity index (χ1n) is 6.05. The summed E-state index contributed by atoms with van der Waals surface area (Å²) in [6.07, 6.45) is 3.08. The fourth-order valence-corrected chi connectivity index (χ4v) is 1.81. The Bertz CT molecular complexity index is 594. The molecule has 0 unspecified atom stereocenters. The molecule has 0 aliphatic carbocycles. The Morgan fingerprint density at radius 1 is 1.10 bits per heavy atom. The SMILES string of the molecule is O=C(/C=C/c1cccc(OBr)c1)OCc1ccccc1. The number of esters is 1. The van der Waals surface area contributed by atoms with Gasteiger partial charge < -0.3 is 8.57 Å². The number of ether oxygens (including phenoxy) is 1. The van der Waals surface area contributed by atoms with Crippen molar-refractivity contribution in [1.29, 1.82) is 0 Å². The number of hydrogen-bond acceptors (Lipinski definition) is 3. The van der Waals surface area contributed by atoms with Crippen molar-refractivity contribution in [2.45, 2.75) is 6.61 Å². The maximum absolute atomic E-state index is 11.6. The fraction of sp³-hybridized carbons (Fsp3) is 0.0625. The lowest BCUT2D eigenvalue weighted by Gasteiger charge is -2.01. The van der Waals surface area contributed by atoms with E-state index in [1.807, 2.05) is 42.5 Å². The number of carbonyl (C=O) groups excluding carboxylic acids is 1. The number of benzene rings is 2. The van der Waals surface area contributed by atoms with E-state index in [0.717, 1.165) is 11.1 Å². The highest BCUT2D eigenvalue weighted by Crippen LogP contribution is 2.16. The van der Waals surface area contributed by atoms with Crippen molar-refractivity contribution in [3.05, 3.63) is 71.8 Å². The smallest absolute Gasteiger partial charge is 0.331 e. The molecule has 0 amide bonds. The summed E-state index contributed by atoms with van der Waals surface area (Å²) >= 11 is 2.91. The van der Waals surface area contributed by atoms with Gasteiger partial charge in [-0.3, -0.25) is 0 Å². The monoisotopic (exact) mass is 332 g/mol. The second-order valence-corrected chi connectivity index (χ2v) is 4.40. The fourth-order valence-electron chi connectivity index (χ4n) is 1.61. The van der Waals surface area contributed by atoms with Crippen molar-refractivity contribution in [3.63, 3.8) is 0 Å². The van der Waals surface area contributed by atoms with Crippen LogP contribution in [0.3, 0.4) is 0 Å². The van der Waals surface area contributed by atoms with E-state index < -0.39 is 0 Å². The number of carbonyl (C=O) groups is 1. The van der Waals surface area contributed by atoms with Crippen molar-refractivity contribution in [3.8, 4) is 5.75 Å². The van der Waals surface area contributed by atoms with Crippen LogP contribution in [0.2, 0.25) is 0 Å². The van der Waals surface area contributed by atoms with Gasteiger partial charge in [0.1, 0.15) is 12.4 Å². The molecular formula is C16H13BrO3.